The van der Waals surface area contributed by atoms with E-state index in [1.165, 1.54) is 7.11 Å². The normalized spacial score (nSPS) is 13.1. The van der Waals surface area contributed by atoms with Gasteiger partial charge >= 0.3 is 0 Å². The van der Waals surface area contributed by atoms with Crippen LogP contribution in [0.4, 0.5) is 0 Å². The van der Waals surface area contributed by atoms with Crippen molar-refractivity contribution in [2.45, 2.75) is 19.6 Å². The zero-order valence-electron chi connectivity index (χ0n) is 10.4. The molecule has 6 nitrogen and oxygen atoms in total. The van der Waals surface area contributed by atoms with Crippen molar-refractivity contribution < 1.29 is 14.7 Å². The minimum Gasteiger partial charge on any atom is -0.409 e. The molecule has 0 saturated heterocycles. The zero-order chi connectivity index (χ0) is 13.5. The molecule has 1 unspecified atom stereocenters. The molecule has 1 amide bonds. The fourth-order valence-corrected chi connectivity index (χ4v) is 1.29. The molecular formula is C12H17N3O3. The first kappa shape index (κ1) is 14.0. The molecule has 4 N–H and O–H groups in total. The monoisotopic (exact) mass is 251 g/mol. The van der Waals surface area contributed by atoms with Crippen LogP contribution < -0.4 is 11.1 Å². The number of carbonyl (C=O) groups is 1. The van der Waals surface area contributed by atoms with Crippen LogP contribution in [0.3, 0.4) is 0 Å². The standard InChI is InChI=1S/C12H17N3O3/c1-8(18-2)12(16)14-7-9-3-5-10(6-4-9)11(13)15-17/h3-6,8,17H,7H2,1-2H3,(H2,13,15)(H,14,16). The molecule has 0 aliphatic rings. The lowest BCUT2D eigenvalue weighted by molar-refractivity contribution is -0.130. The lowest BCUT2D eigenvalue weighted by Gasteiger charge is -2.10. The first-order chi connectivity index (χ1) is 8.58. The summed E-state index contributed by atoms with van der Waals surface area (Å²) in [6.07, 6.45) is -0.471. The van der Waals surface area contributed by atoms with Crippen LogP contribution in [0.2, 0.25) is 0 Å². The molecule has 0 fully saturated rings. The number of carbonyl (C=O) groups excluding carboxylic acids is 1. The fraction of sp³-hybridized carbons (Fsp3) is 0.333. The Morgan fingerprint density at radius 2 is 2.11 bits per heavy atom. The van der Waals surface area contributed by atoms with Gasteiger partial charge in [0.25, 0.3) is 0 Å². The Labute approximate surface area is 105 Å². The predicted octanol–water partition coefficient (Wildman–Crippen LogP) is 0.432. The van der Waals surface area contributed by atoms with Crippen LogP contribution in [-0.4, -0.2) is 30.2 Å². The van der Waals surface area contributed by atoms with Crippen molar-refractivity contribution in [2.24, 2.45) is 10.9 Å². The van der Waals surface area contributed by atoms with Crippen LogP contribution in [0.15, 0.2) is 29.4 Å². The van der Waals surface area contributed by atoms with E-state index in [4.69, 9.17) is 15.7 Å². The Bertz CT molecular complexity index is 429. The number of nitrogens with two attached hydrogens (primary N) is 1. The van der Waals surface area contributed by atoms with Gasteiger partial charge in [0.2, 0.25) is 5.91 Å². The maximum Gasteiger partial charge on any atom is 0.249 e. The van der Waals surface area contributed by atoms with E-state index in [1.54, 1.807) is 31.2 Å². The van der Waals surface area contributed by atoms with Gasteiger partial charge in [-0.3, -0.25) is 4.79 Å². The number of nitrogens with one attached hydrogen (secondary N) is 1. The molecule has 6 heteroatoms. The van der Waals surface area contributed by atoms with Crippen LogP contribution in [0.5, 0.6) is 0 Å². The second-order valence-corrected chi connectivity index (χ2v) is 3.78. The van der Waals surface area contributed by atoms with Gasteiger partial charge in [-0.2, -0.15) is 0 Å². The van der Waals surface area contributed by atoms with Gasteiger partial charge in [0.15, 0.2) is 5.84 Å². The lowest BCUT2D eigenvalue weighted by atomic mass is 10.1. The van der Waals surface area contributed by atoms with E-state index in [0.29, 0.717) is 12.1 Å². The Morgan fingerprint density at radius 1 is 1.50 bits per heavy atom. The van der Waals surface area contributed by atoms with Crippen LogP contribution >= 0.6 is 0 Å². The molecule has 0 aliphatic heterocycles. The second-order valence-electron chi connectivity index (χ2n) is 3.78. The van der Waals surface area contributed by atoms with Crippen molar-refractivity contribution in [1.29, 1.82) is 0 Å². The fourth-order valence-electron chi connectivity index (χ4n) is 1.29. The SMILES string of the molecule is COC(C)C(=O)NCc1ccc(/C(N)=N/O)cc1. The van der Waals surface area contributed by atoms with Gasteiger partial charge in [0.05, 0.1) is 0 Å². The summed E-state index contributed by atoms with van der Waals surface area (Å²) < 4.78 is 4.89. The number of oxime groups is 1. The quantitative estimate of drug-likeness (QED) is 0.306. The number of rotatable bonds is 5. The minimum atomic E-state index is -0.471. The van der Waals surface area contributed by atoms with Crippen LogP contribution in [0, 0.1) is 0 Å². The van der Waals surface area contributed by atoms with Crippen LogP contribution in [0.25, 0.3) is 0 Å². The summed E-state index contributed by atoms with van der Waals surface area (Å²) >= 11 is 0. The van der Waals surface area contributed by atoms with Crippen molar-refractivity contribution in [3.8, 4) is 0 Å². The predicted molar refractivity (Wildman–Crippen MR) is 67.3 cm³/mol. The van der Waals surface area contributed by atoms with Gasteiger partial charge in [-0.15, -0.1) is 0 Å². The molecule has 0 radical (unpaired) electrons. The first-order valence-corrected chi connectivity index (χ1v) is 5.45. The smallest absolute Gasteiger partial charge is 0.249 e. The lowest BCUT2D eigenvalue weighted by Crippen LogP contribution is -2.33. The highest BCUT2D eigenvalue weighted by atomic mass is 16.5. The van der Waals surface area contributed by atoms with Gasteiger partial charge in [-0.05, 0) is 12.5 Å². The summed E-state index contributed by atoms with van der Waals surface area (Å²) in [6, 6.07) is 7.03. The van der Waals surface area contributed by atoms with Crippen molar-refractivity contribution >= 4 is 11.7 Å². The Balaban J connectivity index is 2.57. The van der Waals surface area contributed by atoms with E-state index >= 15 is 0 Å². The maximum atomic E-state index is 11.5. The van der Waals surface area contributed by atoms with Crippen LogP contribution in [0.1, 0.15) is 18.1 Å². The van der Waals surface area contributed by atoms with E-state index in [-0.39, 0.29) is 11.7 Å². The van der Waals surface area contributed by atoms with E-state index in [2.05, 4.69) is 10.5 Å². The molecular weight excluding hydrogens is 234 g/mol. The average molecular weight is 251 g/mol. The number of benzene rings is 1. The molecule has 0 spiro atoms. The zero-order valence-corrected chi connectivity index (χ0v) is 10.4. The number of amides is 1. The number of hydrogen-bond donors (Lipinski definition) is 3. The number of hydrogen-bond acceptors (Lipinski definition) is 4. The Morgan fingerprint density at radius 3 is 2.61 bits per heavy atom. The molecule has 1 aromatic carbocycles. The first-order valence-electron chi connectivity index (χ1n) is 5.45. The Hall–Kier alpha value is -2.08. The summed E-state index contributed by atoms with van der Waals surface area (Å²) in [5, 5.41) is 14.2. The van der Waals surface area contributed by atoms with E-state index in [9.17, 15) is 4.79 Å². The summed E-state index contributed by atoms with van der Waals surface area (Å²) in [5.41, 5.74) is 6.98. The molecule has 0 heterocycles. The third kappa shape index (κ3) is 3.74. The third-order valence-corrected chi connectivity index (χ3v) is 2.55. The summed E-state index contributed by atoms with van der Waals surface area (Å²) in [7, 11) is 1.48. The summed E-state index contributed by atoms with van der Waals surface area (Å²) in [4.78, 5) is 11.5. The Kier molecular flexibility index (Phi) is 5.13. The molecule has 0 aromatic heterocycles. The molecule has 18 heavy (non-hydrogen) atoms. The molecule has 98 valence electrons. The molecule has 0 aliphatic carbocycles. The summed E-state index contributed by atoms with van der Waals surface area (Å²) in [5.74, 6) is -0.114. The van der Waals surface area contributed by atoms with Gasteiger partial charge in [0, 0.05) is 19.2 Å². The molecule has 0 saturated carbocycles. The average Bonchev–Trinajstić information content (AvgIpc) is 2.43. The van der Waals surface area contributed by atoms with Gasteiger partial charge in [0.1, 0.15) is 6.10 Å². The molecule has 0 bridgehead atoms. The minimum absolute atomic E-state index is 0.0543. The number of methoxy groups -OCH3 is 1. The third-order valence-electron chi connectivity index (χ3n) is 2.55. The molecule has 1 aromatic rings. The van der Waals surface area contributed by atoms with Gasteiger partial charge in [-0.1, -0.05) is 29.4 Å². The highest BCUT2D eigenvalue weighted by molar-refractivity contribution is 5.96. The van der Waals surface area contributed by atoms with E-state index in [0.717, 1.165) is 5.56 Å². The molecule has 1 atom stereocenters. The number of nitrogens with zero attached hydrogens (tertiary/aromatic N) is 1. The van der Waals surface area contributed by atoms with Gasteiger partial charge in [-0.25, -0.2) is 0 Å². The van der Waals surface area contributed by atoms with Crippen LogP contribution in [-0.2, 0) is 16.1 Å². The highest BCUT2D eigenvalue weighted by Crippen LogP contribution is 2.04. The van der Waals surface area contributed by atoms with Crippen molar-refractivity contribution in [2.75, 3.05) is 7.11 Å². The number of ether oxygens (including phenoxy) is 1. The van der Waals surface area contributed by atoms with E-state index < -0.39 is 6.10 Å². The summed E-state index contributed by atoms with van der Waals surface area (Å²) in [6.45, 7) is 2.08. The highest BCUT2D eigenvalue weighted by Gasteiger charge is 2.10. The van der Waals surface area contributed by atoms with Gasteiger partial charge < -0.3 is 21.0 Å². The topological polar surface area (TPSA) is 96.9 Å². The maximum absolute atomic E-state index is 11.5. The van der Waals surface area contributed by atoms with E-state index in [1.807, 2.05) is 0 Å². The van der Waals surface area contributed by atoms with Crippen molar-refractivity contribution in [1.82, 2.24) is 5.32 Å². The molecule has 1 rings (SSSR count). The van der Waals surface area contributed by atoms with Crippen molar-refractivity contribution in [3.05, 3.63) is 35.4 Å². The largest absolute Gasteiger partial charge is 0.409 e. The second kappa shape index (κ2) is 6.61. The number of amidine groups is 1. The van der Waals surface area contributed by atoms with Crippen molar-refractivity contribution in [3.63, 3.8) is 0 Å².